The molecule has 3 aromatic heterocycles. The lowest BCUT2D eigenvalue weighted by Crippen LogP contribution is -2.04. The van der Waals surface area contributed by atoms with E-state index in [1.807, 2.05) is 18.2 Å². The minimum atomic E-state index is -1.40. The highest BCUT2D eigenvalue weighted by Crippen LogP contribution is 2.27. The molecule has 0 amide bonds. The summed E-state index contributed by atoms with van der Waals surface area (Å²) in [7, 11) is 0. The van der Waals surface area contributed by atoms with E-state index in [4.69, 9.17) is 0 Å². The largest absolute Gasteiger partial charge is 0.256 e. The topological polar surface area (TPSA) is 56.0 Å². The molecule has 1 atom stereocenters. The molecule has 1 unspecified atom stereocenters. The zero-order valence-corrected chi connectivity index (χ0v) is 13.3. The van der Waals surface area contributed by atoms with Crippen molar-refractivity contribution in [1.29, 1.82) is 0 Å². The lowest BCUT2D eigenvalue weighted by atomic mass is 10.1. The van der Waals surface area contributed by atoms with E-state index >= 15 is 0 Å². The highest BCUT2D eigenvalue weighted by Gasteiger charge is 2.20. The quantitative estimate of drug-likeness (QED) is 0.480. The second-order valence-electron chi connectivity index (χ2n) is 4.80. The normalized spacial score (nSPS) is 12.8. The molecular weight excluding hydrogens is 396 g/mol. The Morgan fingerprint density at radius 1 is 1.09 bits per heavy atom. The number of halogens is 2. The average molecular weight is 405 g/mol. The van der Waals surface area contributed by atoms with Gasteiger partial charge in [-0.15, -0.1) is 10.2 Å². The van der Waals surface area contributed by atoms with Crippen molar-refractivity contribution in [2.45, 2.75) is 6.17 Å². The number of pyridine rings is 1. The van der Waals surface area contributed by atoms with Crippen molar-refractivity contribution in [1.82, 2.24) is 24.8 Å². The smallest absolute Gasteiger partial charge is 0.193 e. The molecule has 4 rings (SSSR count). The molecule has 22 heavy (non-hydrogen) atoms. The summed E-state index contributed by atoms with van der Waals surface area (Å²) in [6.45, 7) is 0. The Bertz CT molecular complexity index is 984. The molecule has 0 spiro atoms. The van der Waals surface area contributed by atoms with Gasteiger partial charge < -0.3 is 0 Å². The van der Waals surface area contributed by atoms with Gasteiger partial charge in [0.15, 0.2) is 17.6 Å². The molecule has 4 aromatic rings. The molecule has 5 nitrogen and oxygen atoms in total. The maximum atomic E-state index is 14.9. The molecule has 0 N–H and O–H groups in total. The van der Waals surface area contributed by atoms with E-state index in [0.29, 0.717) is 11.2 Å². The van der Waals surface area contributed by atoms with Crippen LogP contribution in [0.3, 0.4) is 0 Å². The molecule has 1 aromatic carbocycles. The fourth-order valence-electron chi connectivity index (χ4n) is 2.34. The number of hydrogen-bond donors (Lipinski definition) is 0. The summed E-state index contributed by atoms with van der Waals surface area (Å²) in [4.78, 5) is 4.24. The molecule has 108 valence electrons. The predicted molar refractivity (Wildman–Crippen MR) is 88.2 cm³/mol. The molecule has 0 saturated carbocycles. The van der Waals surface area contributed by atoms with Gasteiger partial charge >= 0.3 is 0 Å². The van der Waals surface area contributed by atoms with Crippen molar-refractivity contribution in [3.05, 3.63) is 63.7 Å². The Labute approximate surface area is 138 Å². The molecule has 0 saturated heterocycles. The van der Waals surface area contributed by atoms with Crippen LogP contribution in [-0.2, 0) is 0 Å². The highest BCUT2D eigenvalue weighted by molar-refractivity contribution is 14.1. The summed E-state index contributed by atoms with van der Waals surface area (Å²) in [6, 6.07) is 12.6. The first-order valence-electron chi connectivity index (χ1n) is 6.59. The van der Waals surface area contributed by atoms with Gasteiger partial charge in [0.25, 0.3) is 0 Å². The second-order valence-corrected chi connectivity index (χ2v) is 5.91. The second kappa shape index (κ2) is 5.24. The van der Waals surface area contributed by atoms with Crippen LogP contribution in [0.15, 0.2) is 48.7 Å². The number of alkyl halides is 1. The van der Waals surface area contributed by atoms with E-state index in [1.54, 1.807) is 30.5 Å². The van der Waals surface area contributed by atoms with Gasteiger partial charge in [-0.25, -0.2) is 4.39 Å². The predicted octanol–water partition coefficient (Wildman–Crippen LogP) is 3.34. The monoisotopic (exact) mass is 405 g/mol. The van der Waals surface area contributed by atoms with Crippen molar-refractivity contribution in [2.75, 3.05) is 0 Å². The van der Waals surface area contributed by atoms with Crippen molar-refractivity contribution in [3.8, 4) is 0 Å². The van der Waals surface area contributed by atoms with Gasteiger partial charge in [0.05, 0.1) is 5.52 Å². The highest BCUT2D eigenvalue weighted by atomic mass is 127. The summed E-state index contributed by atoms with van der Waals surface area (Å²) in [6.07, 6.45) is 0.317. The number of fused-ring (bicyclic) bond motifs is 2. The van der Waals surface area contributed by atoms with E-state index in [9.17, 15) is 4.39 Å². The fraction of sp³-hybridized carbons (Fsp3) is 0.0667. The lowest BCUT2D eigenvalue weighted by Gasteiger charge is -2.07. The maximum absolute atomic E-state index is 14.9. The van der Waals surface area contributed by atoms with Gasteiger partial charge in [0.1, 0.15) is 3.70 Å². The molecule has 0 aliphatic heterocycles. The number of hydrogen-bond acceptors (Lipinski definition) is 4. The van der Waals surface area contributed by atoms with Crippen LogP contribution in [0, 0.1) is 3.70 Å². The molecule has 0 aliphatic rings. The number of rotatable bonds is 2. The van der Waals surface area contributed by atoms with Crippen LogP contribution in [0.4, 0.5) is 4.39 Å². The third-order valence-corrected chi connectivity index (χ3v) is 3.98. The van der Waals surface area contributed by atoms with Crippen LogP contribution in [0.1, 0.15) is 17.6 Å². The van der Waals surface area contributed by atoms with E-state index in [0.717, 1.165) is 14.6 Å². The number of nitrogens with zero attached hydrogens (tertiary/aromatic N) is 5. The van der Waals surface area contributed by atoms with E-state index in [2.05, 4.69) is 42.9 Å². The molecule has 0 aliphatic carbocycles. The first kappa shape index (κ1) is 13.5. The lowest BCUT2D eigenvalue weighted by molar-refractivity contribution is 0.377. The third kappa shape index (κ3) is 2.21. The van der Waals surface area contributed by atoms with Crippen molar-refractivity contribution < 1.29 is 4.39 Å². The van der Waals surface area contributed by atoms with Crippen molar-refractivity contribution in [3.63, 3.8) is 0 Å². The Morgan fingerprint density at radius 3 is 2.91 bits per heavy atom. The first-order chi connectivity index (χ1) is 10.7. The zero-order valence-electron chi connectivity index (χ0n) is 11.2. The van der Waals surface area contributed by atoms with E-state index < -0.39 is 6.17 Å². The van der Waals surface area contributed by atoms with Gasteiger partial charge in [-0.1, -0.05) is 12.1 Å². The summed E-state index contributed by atoms with van der Waals surface area (Å²) in [5.41, 5.74) is 1.87. The maximum Gasteiger partial charge on any atom is 0.193 e. The van der Waals surface area contributed by atoms with Crippen LogP contribution < -0.4 is 0 Å². The molecule has 3 heterocycles. The van der Waals surface area contributed by atoms with Gasteiger partial charge in [0, 0.05) is 11.6 Å². The minimum absolute atomic E-state index is 0.178. The van der Waals surface area contributed by atoms with Gasteiger partial charge in [-0.05, 0) is 58.5 Å². The summed E-state index contributed by atoms with van der Waals surface area (Å²) < 4.78 is 17.1. The molecule has 0 bridgehead atoms. The Hall–Kier alpha value is -2.16. The summed E-state index contributed by atoms with van der Waals surface area (Å²) in [5, 5.41) is 13.1. The Balaban J connectivity index is 1.84. The SMILES string of the molecule is FC(c1ccc2ncccc2c1)c1nnc2ccc(I)nn12. The molecule has 0 fully saturated rings. The minimum Gasteiger partial charge on any atom is -0.256 e. The van der Waals surface area contributed by atoms with E-state index in [-0.39, 0.29) is 5.82 Å². The standard InChI is InChI=1S/C15H9FIN5/c16-14(10-3-4-11-9(8-10)2-1-7-18-11)15-20-19-13-6-5-12(17)21-22(13)15/h1-8,14H. The van der Waals surface area contributed by atoms with Crippen LogP contribution in [0.25, 0.3) is 16.6 Å². The fourth-order valence-corrected chi connectivity index (χ4v) is 2.74. The molecule has 0 radical (unpaired) electrons. The van der Waals surface area contributed by atoms with Gasteiger partial charge in [-0.3, -0.25) is 4.98 Å². The van der Waals surface area contributed by atoms with Crippen molar-refractivity contribution >= 4 is 39.1 Å². The third-order valence-electron chi connectivity index (χ3n) is 3.40. The van der Waals surface area contributed by atoms with Crippen molar-refractivity contribution in [2.24, 2.45) is 0 Å². The Morgan fingerprint density at radius 2 is 2.00 bits per heavy atom. The zero-order chi connectivity index (χ0) is 15.1. The number of benzene rings is 1. The van der Waals surface area contributed by atoms with E-state index in [1.165, 1.54) is 4.52 Å². The van der Waals surface area contributed by atoms with Gasteiger partial charge in [0.2, 0.25) is 0 Å². The number of aromatic nitrogens is 5. The average Bonchev–Trinajstić information content (AvgIpc) is 2.96. The molecule has 7 heteroatoms. The van der Waals surface area contributed by atoms with Crippen LogP contribution in [0.5, 0.6) is 0 Å². The summed E-state index contributed by atoms with van der Waals surface area (Å²) >= 11 is 2.07. The van der Waals surface area contributed by atoms with Crippen LogP contribution in [-0.4, -0.2) is 24.8 Å². The van der Waals surface area contributed by atoms with Crippen LogP contribution in [0.2, 0.25) is 0 Å². The van der Waals surface area contributed by atoms with Crippen LogP contribution >= 0.6 is 22.6 Å². The summed E-state index contributed by atoms with van der Waals surface area (Å²) in [5.74, 6) is 0.178. The first-order valence-corrected chi connectivity index (χ1v) is 7.67. The van der Waals surface area contributed by atoms with Gasteiger partial charge in [-0.2, -0.15) is 9.61 Å². The Kier molecular flexibility index (Phi) is 3.21. The molecular formula is C15H9FIN5.